The molecule has 0 aliphatic carbocycles. The normalized spacial score (nSPS) is 10.8. The number of hydrogen-bond acceptors (Lipinski definition) is 10. The number of nitrogens with zero attached hydrogens (tertiary/aromatic N) is 3. The first kappa shape index (κ1) is 23.6. The van der Waals surface area contributed by atoms with Crippen LogP contribution >= 0.6 is 23.1 Å². The van der Waals surface area contributed by atoms with Crippen LogP contribution in [-0.4, -0.2) is 47.0 Å². The van der Waals surface area contributed by atoms with E-state index in [-0.39, 0.29) is 34.4 Å². The number of esters is 2. The van der Waals surface area contributed by atoms with Crippen LogP contribution in [0.15, 0.2) is 29.4 Å². The summed E-state index contributed by atoms with van der Waals surface area (Å²) < 4.78 is 17.4. The van der Waals surface area contributed by atoms with E-state index >= 15 is 0 Å². The average molecular weight is 477 g/mol. The summed E-state index contributed by atoms with van der Waals surface area (Å²) in [6.45, 7) is 3.84. The number of hydrogen-bond donors (Lipinski definition) is 1. The summed E-state index contributed by atoms with van der Waals surface area (Å²) in [5.74, 6) is 0.548. The predicted octanol–water partition coefficient (Wildman–Crippen LogP) is 3.78. The van der Waals surface area contributed by atoms with Crippen molar-refractivity contribution in [2.75, 3.05) is 26.1 Å². The van der Waals surface area contributed by atoms with Gasteiger partial charge in [0.2, 0.25) is 0 Å². The molecule has 0 saturated heterocycles. The van der Waals surface area contributed by atoms with E-state index in [4.69, 9.17) is 19.9 Å². The Morgan fingerprint density at radius 1 is 1.16 bits per heavy atom. The molecule has 0 atom stereocenters. The van der Waals surface area contributed by atoms with E-state index in [1.54, 1.807) is 21.0 Å². The van der Waals surface area contributed by atoms with E-state index in [9.17, 15) is 9.59 Å². The van der Waals surface area contributed by atoms with Gasteiger partial charge in [-0.25, -0.2) is 9.59 Å². The second-order valence-corrected chi connectivity index (χ2v) is 8.47. The van der Waals surface area contributed by atoms with Crippen LogP contribution in [0.25, 0.3) is 11.4 Å². The average Bonchev–Trinajstić information content (AvgIpc) is 3.31. The summed E-state index contributed by atoms with van der Waals surface area (Å²) >= 11 is 2.35. The van der Waals surface area contributed by atoms with E-state index in [2.05, 4.69) is 10.2 Å². The van der Waals surface area contributed by atoms with Gasteiger partial charge in [-0.15, -0.1) is 21.5 Å². The number of carbonyl (C=O) groups excluding carboxylic acids is 2. The lowest BCUT2D eigenvalue weighted by Gasteiger charge is -2.08. The van der Waals surface area contributed by atoms with Crippen LogP contribution in [0.1, 0.15) is 39.4 Å². The molecule has 170 valence electrons. The predicted molar refractivity (Wildman–Crippen MR) is 123 cm³/mol. The summed E-state index contributed by atoms with van der Waals surface area (Å²) in [5, 5.41) is 9.38. The molecular formula is C21H24N4O5S2. The van der Waals surface area contributed by atoms with Crippen molar-refractivity contribution in [1.82, 2.24) is 14.8 Å². The quantitative estimate of drug-likeness (QED) is 0.363. The Labute approximate surface area is 193 Å². The highest BCUT2D eigenvalue weighted by molar-refractivity contribution is 7.98. The molecule has 0 amide bonds. The molecule has 3 rings (SSSR count). The first-order valence-electron chi connectivity index (χ1n) is 9.83. The Balaban J connectivity index is 1.91. The van der Waals surface area contributed by atoms with Crippen molar-refractivity contribution in [3.63, 3.8) is 0 Å². The van der Waals surface area contributed by atoms with Crippen molar-refractivity contribution < 1.29 is 23.8 Å². The Bertz CT molecular complexity index is 1130. The van der Waals surface area contributed by atoms with Crippen LogP contribution in [0.3, 0.4) is 0 Å². The Kier molecular flexibility index (Phi) is 7.75. The number of aromatic nitrogens is 3. The van der Waals surface area contributed by atoms with Crippen molar-refractivity contribution in [3.05, 3.63) is 40.3 Å². The van der Waals surface area contributed by atoms with Crippen molar-refractivity contribution in [2.24, 2.45) is 7.05 Å². The lowest BCUT2D eigenvalue weighted by atomic mass is 10.1. The van der Waals surface area contributed by atoms with Gasteiger partial charge in [0, 0.05) is 23.9 Å². The van der Waals surface area contributed by atoms with Crippen molar-refractivity contribution in [3.8, 4) is 17.1 Å². The standard InChI is InChI=1S/C21H24N4O5S2/c1-5-29-19(26)15-14(16(32-17(15)22)20(27)30-6-2)11-31-21-24-23-18(25(21)3)12-8-7-9-13(10-12)28-4/h7-10H,5-6,11,22H2,1-4H3. The number of thiophene rings is 1. The smallest absolute Gasteiger partial charge is 0.348 e. The number of methoxy groups -OCH3 is 1. The maximum atomic E-state index is 12.5. The third-order valence-electron chi connectivity index (χ3n) is 4.48. The molecule has 2 aromatic heterocycles. The zero-order valence-corrected chi connectivity index (χ0v) is 19.8. The van der Waals surface area contributed by atoms with Crippen LogP contribution in [-0.2, 0) is 22.3 Å². The number of rotatable bonds is 9. The molecule has 1 aromatic carbocycles. The number of ether oxygens (including phenoxy) is 3. The van der Waals surface area contributed by atoms with Crippen molar-refractivity contribution >= 4 is 40.0 Å². The molecule has 9 nitrogen and oxygen atoms in total. The van der Waals surface area contributed by atoms with Gasteiger partial charge in [0.05, 0.1) is 25.9 Å². The maximum absolute atomic E-state index is 12.5. The lowest BCUT2D eigenvalue weighted by molar-refractivity contribution is 0.0527. The zero-order chi connectivity index (χ0) is 23.3. The third kappa shape index (κ3) is 4.89. The molecule has 32 heavy (non-hydrogen) atoms. The lowest BCUT2D eigenvalue weighted by Crippen LogP contribution is -2.11. The summed E-state index contributed by atoms with van der Waals surface area (Å²) in [4.78, 5) is 25.3. The van der Waals surface area contributed by atoms with E-state index in [1.165, 1.54) is 11.8 Å². The Morgan fingerprint density at radius 2 is 1.88 bits per heavy atom. The summed E-state index contributed by atoms with van der Waals surface area (Å²) in [6.07, 6.45) is 0. The second kappa shape index (κ2) is 10.5. The number of thioether (sulfide) groups is 1. The Hall–Kier alpha value is -3.05. The molecule has 0 aliphatic heterocycles. The van der Waals surface area contributed by atoms with Gasteiger partial charge in [-0.1, -0.05) is 23.9 Å². The molecule has 0 unspecified atom stereocenters. The van der Waals surface area contributed by atoms with Crippen LogP contribution in [0, 0.1) is 0 Å². The SMILES string of the molecule is CCOC(=O)c1sc(N)c(C(=O)OCC)c1CSc1nnc(-c2cccc(OC)c2)n1C. The first-order valence-corrected chi connectivity index (χ1v) is 11.6. The molecular weight excluding hydrogens is 452 g/mol. The molecule has 2 N–H and O–H groups in total. The molecule has 0 saturated carbocycles. The summed E-state index contributed by atoms with van der Waals surface area (Å²) in [7, 11) is 3.45. The molecule has 0 bridgehead atoms. The highest BCUT2D eigenvalue weighted by Gasteiger charge is 2.28. The molecule has 0 aliphatic rings. The number of carbonyl (C=O) groups is 2. The highest BCUT2D eigenvalue weighted by Crippen LogP contribution is 2.37. The van der Waals surface area contributed by atoms with E-state index in [0.717, 1.165) is 16.9 Å². The fraction of sp³-hybridized carbons (Fsp3) is 0.333. The van der Waals surface area contributed by atoms with Gasteiger partial charge in [0.15, 0.2) is 11.0 Å². The van der Waals surface area contributed by atoms with Gasteiger partial charge in [0.25, 0.3) is 0 Å². The van der Waals surface area contributed by atoms with E-state index in [0.29, 0.717) is 22.3 Å². The van der Waals surface area contributed by atoms with Crippen LogP contribution < -0.4 is 10.5 Å². The molecule has 0 radical (unpaired) electrons. The fourth-order valence-electron chi connectivity index (χ4n) is 3.00. The van der Waals surface area contributed by atoms with Gasteiger partial charge in [-0.05, 0) is 26.0 Å². The first-order chi connectivity index (χ1) is 15.4. The third-order valence-corrected chi connectivity index (χ3v) is 6.57. The Morgan fingerprint density at radius 3 is 2.56 bits per heavy atom. The fourth-order valence-corrected chi connectivity index (χ4v) is 5.00. The monoisotopic (exact) mass is 476 g/mol. The topological polar surface area (TPSA) is 119 Å². The van der Waals surface area contributed by atoms with Gasteiger partial charge in [0.1, 0.15) is 15.6 Å². The van der Waals surface area contributed by atoms with Crippen LogP contribution in [0.2, 0.25) is 0 Å². The molecule has 2 heterocycles. The molecule has 3 aromatic rings. The minimum atomic E-state index is -0.567. The number of anilines is 1. The largest absolute Gasteiger partial charge is 0.497 e. The van der Waals surface area contributed by atoms with Crippen molar-refractivity contribution in [1.29, 1.82) is 0 Å². The van der Waals surface area contributed by atoms with Crippen LogP contribution in [0.4, 0.5) is 5.00 Å². The summed E-state index contributed by atoms with van der Waals surface area (Å²) in [5.41, 5.74) is 7.59. The maximum Gasteiger partial charge on any atom is 0.348 e. The van der Waals surface area contributed by atoms with E-state index < -0.39 is 11.9 Å². The number of nitrogen functional groups attached to an aromatic ring is 1. The van der Waals surface area contributed by atoms with Gasteiger partial charge >= 0.3 is 11.9 Å². The van der Waals surface area contributed by atoms with Crippen molar-refractivity contribution in [2.45, 2.75) is 24.8 Å². The molecule has 0 fully saturated rings. The van der Waals surface area contributed by atoms with Gasteiger partial charge < -0.3 is 24.5 Å². The number of nitrogens with two attached hydrogens (primary N) is 1. The van der Waals surface area contributed by atoms with Crippen LogP contribution in [0.5, 0.6) is 5.75 Å². The minimum Gasteiger partial charge on any atom is -0.497 e. The van der Waals surface area contributed by atoms with Gasteiger partial charge in [-0.3, -0.25) is 0 Å². The molecule has 0 spiro atoms. The number of benzene rings is 1. The second-order valence-electron chi connectivity index (χ2n) is 6.48. The molecule has 11 heteroatoms. The minimum absolute atomic E-state index is 0.197. The van der Waals surface area contributed by atoms with E-state index in [1.807, 2.05) is 35.9 Å². The highest BCUT2D eigenvalue weighted by atomic mass is 32.2. The zero-order valence-electron chi connectivity index (χ0n) is 18.2. The van der Waals surface area contributed by atoms with Gasteiger partial charge in [-0.2, -0.15) is 0 Å². The summed E-state index contributed by atoms with van der Waals surface area (Å²) in [6, 6.07) is 7.51.